The molecule has 1 aromatic carbocycles. The van der Waals surface area contributed by atoms with Crippen LogP contribution in [0.4, 0.5) is 0 Å². The van der Waals surface area contributed by atoms with E-state index in [1.165, 1.54) is 0 Å². The average molecular weight is 264 g/mol. The number of nitrogens with one attached hydrogen (secondary N) is 1. The normalized spacial score (nSPS) is 12.6. The van der Waals surface area contributed by atoms with Crippen LogP contribution in [-0.4, -0.2) is 50.6 Å². The van der Waals surface area contributed by atoms with Gasteiger partial charge in [0, 0.05) is 12.6 Å². The summed E-state index contributed by atoms with van der Waals surface area (Å²) in [5, 5.41) is 2.51. The minimum atomic E-state index is -0.124. The first kappa shape index (κ1) is 13.4. The Bertz CT molecular complexity index is 501. The minimum Gasteiger partial charge on any atom is -0.454 e. The van der Waals surface area contributed by atoms with E-state index in [0.717, 1.165) is 0 Å². The predicted octanol–water partition coefficient (Wildman–Crippen LogP) is 0.276. The van der Waals surface area contributed by atoms with Gasteiger partial charge in [0.25, 0.3) is 0 Å². The van der Waals surface area contributed by atoms with E-state index in [4.69, 9.17) is 9.47 Å². The summed E-state index contributed by atoms with van der Waals surface area (Å²) in [4.78, 5) is 24.9. The lowest BCUT2D eigenvalue weighted by atomic mass is 10.1. The molecule has 0 spiro atoms. The molecule has 1 aliphatic heterocycles. The van der Waals surface area contributed by atoms with E-state index in [1.54, 1.807) is 37.2 Å². The van der Waals surface area contributed by atoms with Crippen molar-refractivity contribution < 1.29 is 19.1 Å². The van der Waals surface area contributed by atoms with E-state index in [-0.39, 0.29) is 31.6 Å². The molecule has 0 aliphatic carbocycles. The van der Waals surface area contributed by atoms with Gasteiger partial charge in [-0.05, 0) is 25.2 Å². The summed E-state index contributed by atoms with van der Waals surface area (Å²) in [6.45, 7) is 0.545. The fraction of sp³-hybridized carbons (Fsp3) is 0.385. The number of ketones is 1. The topological polar surface area (TPSA) is 67.9 Å². The van der Waals surface area contributed by atoms with E-state index in [2.05, 4.69) is 5.32 Å². The molecular weight excluding hydrogens is 248 g/mol. The number of carbonyl (C=O) groups excluding carboxylic acids is 2. The molecule has 6 nitrogen and oxygen atoms in total. The van der Waals surface area contributed by atoms with Crippen molar-refractivity contribution in [3.8, 4) is 11.5 Å². The third-order valence-electron chi connectivity index (χ3n) is 2.80. The number of ether oxygens (including phenoxy) is 2. The van der Waals surface area contributed by atoms with Crippen LogP contribution < -0.4 is 14.8 Å². The smallest absolute Gasteiger partial charge is 0.233 e. The lowest BCUT2D eigenvalue weighted by Gasteiger charge is -2.14. The largest absolute Gasteiger partial charge is 0.454 e. The maximum atomic E-state index is 12.1. The first-order chi connectivity index (χ1) is 9.10. The molecule has 19 heavy (non-hydrogen) atoms. The fourth-order valence-electron chi connectivity index (χ4n) is 1.79. The van der Waals surface area contributed by atoms with Gasteiger partial charge < -0.3 is 14.8 Å². The lowest BCUT2D eigenvalue weighted by Crippen LogP contribution is -2.36. The van der Waals surface area contributed by atoms with Crippen molar-refractivity contribution in [2.75, 3.05) is 34.0 Å². The number of likely N-dealkylation sites (N-methyl/N-ethyl adjacent to an activating group) is 2. The number of rotatable bonds is 5. The van der Waals surface area contributed by atoms with Gasteiger partial charge in [0.15, 0.2) is 17.3 Å². The molecule has 102 valence electrons. The van der Waals surface area contributed by atoms with E-state index >= 15 is 0 Å². The van der Waals surface area contributed by atoms with Crippen molar-refractivity contribution in [1.29, 1.82) is 0 Å². The van der Waals surface area contributed by atoms with Crippen LogP contribution in [0.3, 0.4) is 0 Å². The standard InChI is InChI=1S/C13H16N2O4/c1-14-13(17)7-15(2)6-10(16)9-3-4-11-12(5-9)19-8-18-11/h3-5H,6-8H2,1-2H3,(H,14,17). The van der Waals surface area contributed by atoms with Gasteiger partial charge in [-0.3, -0.25) is 14.5 Å². The summed E-state index contributed by atoms with van der Waals surface area (Å²) < 4.78 is 10.4. The summed E-state index contributed by atoms with van der Waals surface area (Å²) in [6.07, 6.45) is 0. The summed E-state index contributed by atoms with van der Waals surface area (Å²) in [6, 6.07) is 5.08. The van der Waals surface area contributed by atoms with Gasteiger partial charge in [-0.15, -0.1) is 0 Å². The lowest BCUT2D eigenvalue weighted by molar-refractivity contribution is -0.121. The Labute approximate surface area is 111 Å². The second kappa shape index (κ2) is 5.71. The van der Waals surface area contributed by atoms with Gasteiger partial charge in [-0.2, -0.15) is 0 Å². The quantitative estimate of drug-likeness (QED) is 0.773. The molecule has 2 rings (SSSR count). The molecule has 6 heteroatoms. The molecule has 0 aromatic heterocycles. The van der Waals surface area contributed by atoms with Crippen molar-refractivity contribution in [1.82, 2.24) is 10.2 Å². The van der Waals surface area contributed by atoms with Gasteiger partial charge in [0.1, 0.15) is 0 Å². The molecule has 1 amide bonds. The van der Waals surface area contributed by atoms with Crippen molar-refractivity contribution in [3.63, 3.8) is 0 Å². The fourth-order valence-corrected chi connectivity index (χ4v) is 1.79. The molecule has 0 saturated heterocycles. The van der Waals surface area contributed by atoms with Gasteiger partial charge in [0.05, 0.1) is 13.1 Å². The van der Waals surface area contributed by atoms with Crippen molar-refractivity contribution >= 4 is 11.7 Å². The monoisotopic (exact) mass is 264 g/mol. The summed E-state index contributed by atoms with van der Waals surface area (Å²) in [5.41, 5.74) is 0.549. The Kier molecular flexibility index (Phi) is 4.01. The molecular formula is C13H16N2O4. The average Bonchev–Trinajstić information content (AvgIpc) is 2.85. The maximum Gasteiger partial charge on any atom is 0.233 e. The third kappa shape index (κ3) is 3.23. The predicted molar refractivity (Wildman–Crippen MR) is 68.5 cm³/mol. The molecule has 1 N–H and O–H groups in total. The zero-order valence-corrected chi connectivity index (χ0v) is 10.9. The summed E-state index contributed by atoms with van der Waals surface area (Å²) in [5.74, 6) is 1.04. The molecule has 1 aliphatic rings. The van der Waals surface area contributed by atoms with E-state index in [9.17, 15) is 9.59 Å². The summed E-state index contributed by atoms with van der Waals surface area (Å²) >= 11 is 0. The molecule has 0 saturated carbocycles. The van der Waals surface area contributed by atoms with Crippen LogP contribution in [0.2, 0.25) is 0 Å². The number of hydrogen-bond acceptors (Lipinski definition) is 5. The van der Waals surface area contributed by atoms with Crippen LogP contribution in [0.1, 0.15) is 10.4 Å². The van der Waals surface area contributed by atoms with Gasteiger partial charge >= 0.3 is 0 Å². The number of Topliss-reactive ketones (excluding diaryl/α,β-unsaturated/α-hetero) is 1. The Morgan fingerprint density at radius 3 is 2.74 bits per heavy atom. The molecule has 1 heterocycles. The van der Waals surface area contributed by atoms with Crippen LogP contribution in [0.25, 0.3) is 0 Å². The van der Waals surface area contributed by atoms with Crippen molar-refractivity contribution in [3.05, 3.63) is 23.8 Å². The molecule has 0 bridgehead atoms. The number of hydrogen-bond donors (Lipinski definition) is 1. The number of benzene rings is 1. The molecule has 0 radical (unpaired) electrons. The second-order valence-corrected chi connectivity index (χ2v) is 4.34. The Morgan fingerprint density at radius 1 is 1.26 bits per heavy atom. The van der Waals surface area contributed by atoms with Crippen LogP contribution in [-0.2, 0) is 4.79 Å². The molecule has 0 fully saturated rings. The molecule has 0 atom stereocenters. The van der Waals surface area contributed by atoms with Crippen LogP contribution in [0.5, 0.6) is 11.5 Å². The first-order valence-corrected chi connectivity index (χ1v) is 5.92. The van der Waals surface area contributed by atoms with Gasteiger partial charge in [-0.25, -0.2) is 0 Å². The number of nitrogens with zero attached hydrogens (tertiary/aromatic N) is 1. The zero-order chi connectivity index (χ0) is 13.8. The minimum absolute atomic E-state index is 0.0651. The van der Waals surface area contributed by atoms with Gasteiger partial charge in [0.2, 0.25) is 12.7 Å². The number of carbonyl (C=O) groups is 2. The highest BCUT2D eigenvalue weighted by Gasteiger charge is 2.17. The van der Waals surface area contributed by atoms with E-state index in [1.807, 2.05) is 0 Å². The van der Waals surface area contributed by atoms with Gasteiger partial charge in [-0.1, -0.05) is 0 Å². The van der Waals surface area contributed by atoms with E-state index < -0.39 is 0 Å². The van der Waals surface area contributed by atoms with Crippen molar-refractivity contribution in [2.45, 2.75) is 0 Å². The summed E-state index contributed by atoms with van der Waals surface area (Å²) in [7, 11) is 3.29. The number of fused-ring (bicyclic) bond motifs is 1. The third-order valence-corrected chi connectivity index (χ3v) is 2.80. The van der Waals surface area contributed by atoms with Crippen molar-refractivity contribution in [2.24, 2.45) is 0 Å². The van der Waals surface area contributed by atoms with E-state index in [0.29, 0.717) is 17.1 Å². The van der Waals surface area contributed by atoms with Crippen LogP contribution in [0.15, 0.2) is 18.2 Å². The molecule has 0 unspecified atom stereocenters. The highest BCUT2D eigenvalue weighted by Crippen LogP contribution is 2.32. The highest BCUT2D eigenvalue weighted by molar-refractivity contribution is 5.98. The zero-order valence-electron chi connectivity index (χ0n) is 10.9. The highest BCUT2D eigenvalue weighted by atomic mass is 16.7. The Morgan fingerprint density at radius 2 is 2.00 bits per heavy atom. The first-order valence-electron chi connectivity index (χ1n) is 5.92. The molecule has 1 aromatic rings. The maximum absolute atomic E-state index is 12.1. The van der Waals surface area contributed by atoms with Crippen LogP contribution >= 0.6 is 0 Å². The Hall–Kier alpha value is -2.08. The van der Waals surface area contributed by atoms with Crippen LogP contribution in [0, 0.1) is 0 Å². The Balaban J connectivity index is 1.98. The number of amides is 1. The SMILES string of the molecule is CNC(=O)CN(C)CC(=O)c1ccc2c(c1)OCO2. The second-order valence-electron chi connectivity index (χ2n) is 4.34.